The summed E-state index contributed by atoms with van der Waals surface area (Å²) in [5.74, 6) is 0. The maximum Gasteiger partial charge on any atom is 0.0593 e. The van der Waals surface area contributed by atoms with Crippen molar-refractivity contribution < 1.29 is 4.74 Å². The maximum absolute atomic E-state index is 6.19. The van der Waals surface area contributed by atoms with E-state index in [1.54, 1.807) is 0 Å². The molecule has 2 heterocycles. The highest BCUT2D eigenvalue weighted by Gasteiger charge is 2.40. The summed E-state index contributed by atoms with van der Waals surface area (Å²) in [5.41, 5.74) is 1.94. The molecule has 1 atom stereocenters. The molecular formula is C21H32N2O. The summed E-state index contributed by atoms with van der Waals surface area (Å²) in [7, 11) is 0. The van der Waals surface area contributed by atoms with E-state index >= 15 is 0 Å². The van der Waals surface area contributed by atoms with Crippen LogP contribution < -0.4 is 4.90 Å². The lowest BCUT2D eigenvalue weighted by Crippen LogP contribution is -2.47. The van der Waals surface area contributed by atoms with Crippen LogP contribution >= 0.6 is 0 Å². The van der Waals surface area contributed by atoms with Gasteiger partial charge in [-0.2, -0.15) is 0 Å². The molecule has 3 nitrogen and oxygen atoms in total. The zero-order valence-corrected chi connectivity index (χ0v) is 15.0. The predicted molar refractivity (Wildman–Crippen MR) is 99.6 cm³/mol. The number of hydrogen-bond acceptors (Lipinski definition) is 3. The number of ether oxygens (including phenoxy) is 1. The second-order valence-corrected chi connectivity index (χ2v) is 8.15. The van der Waals surface area contributed by atoms with Gasteiger partial charge in [-0.15, -0.1) is 0 Å². The zero-order chi connectivity index (χ0) is 16.2. The smallest absolute Gasteiger partial charge is 0.0593 e. The highest BCUT2D eigenvalue weighted by Crippen LogP contribution is 2.45. The Morgan fingerprint density at radius 2 is 1.71 bits per heavy atom. The van der Waals surface area contributed by atoms with Crippen LogP contribution in [0.1, 0.15) is 44.9 Å². The van der Waals surface area contributed by atoms with Crippen molar-refractivity contribution in [2.45, 2.75) is 51.0 Å². The van der Waals surface area contributed by atoms with E-state index in [-0.39, 0.29) is 0 Å². The van der Waals surface area contributed by atoms with Crippen molar-refractivity contribution in [3.8, 4) is 0 Å². The molecule has 1 aromatic carbocycles. The molecule has 0 aromatic heterocycles. The van der Waals surface area contributed by atoms with E-state index in [0.29, 0.717) is 11.5 Å². The van der Waals surface area contributed by atoms with Crippen LogP contribution in [-0.2, 0) is 4.74 Å². The summed E-state index contributed by atoms with van der Waals surface area (Å²) in [6, 6.07) is 10.8. The molecule has 3 aliphatic rings. The van der Waals surface area contributed by atoms with Crippen LogP contribution in [0.2, 0.25) is 0 Å². The Hall–Kier alpha value is -1.06. The SMILES string of the molecule is c1ccc(N2CCN(CCC3CC4(CCCCC4)CO3)CC2)cc1. The Balaban J connectivity index is 1.20. The lowest BCUT2D eigenvalue weighted by Gasteiger charge is -2.36. The van der Waals surface area contributed by atoms with Crippen LogP contribution in [0.3, 0.4) is 0 Å². The highest BCUT2D eigenvalue weighted by atomic mass is 16.5. The molecule has 1 spiro atoms. The van der Waals surface area contributed by atoms with Crippen LogP contribution in [0.25, 0.3) is 0 Å². The Labute approximate surface area is 147 Å². The summed E-state index contributed by atoms with van der Waals surface area (Å²) in [4.78, 5) is 5.15. The molecule has 3 heteroatoms. The molecule has 0 radical (unpaired) electrons. The van der Waals surface area contributed by atoms with Crippen molar-refractivity contribution in [1.82, 2.24) is 4.90 Å². The minimum absolute atomic E-state index is 0.523. The average molecular weight is 329 g/mol. The molecule has 132 valence electrons. The van der Waals surface area contributed by atoms with E-state index in [4.69, 9.17) is 4.74 Å². The third-order valence-electron chi connectivity index (χ3n) is 6.46. The monoisotopic (exact) mass is 328 g/mol. The Morgan fingerprint density at radius 3 is 2.46 bits per heavy atom. The number of benzene rings is 1. The molecule has 1 unspecified atom stereocenters. The first-order valence-electron chi connectivity index (χ1n) is 9.97. The van der Waals surface area contributed by atoms with E-state index < -0.39 is 0 Å². The summed E-state index contributed by atoms with van der Waals surface area (Å²) >= 11 is 0. The Bertz CT molecular complexity index is 504. The average Bonchev–Trinajstić information content (AvgIpc) is 3.04. The van der Waals surface area contributed by atoms with Crippen LogP contribution in [0.15, 0.2) is 30.3 Å². The van der Waals surface area contributed by atoms with Gasteiger partial charge in [0.05, 0.1) is 12.7 Å². The Morgan fingerprint density at radius 1 is 0.958 bits per heavy atom. The van der Waals surface area contributed by atoms with Crippen molar-refractivity contribution in [3.63, 3.8) is 0 Å². The van der Waals surface area contributed by atoms with Crippen LogP contribution in [0, 0.1) is 5.41 Å². The van der Waals surface area contributed by atoms with Crippen molar-refractivity contribution in [1.29, 1.82) is 0 Å². The minimum Gasteiger partial charge on any atom is -0.378 e. The molecule has 2 aliphatic heterocycles. The molecule has 24 heavy (non-hydrogen) atoms. The van der Waals surface area contributed by atoms with Crippen molar-refractivity contribution in [2.75, 3.05) is 44.2 Å². The van der Waals surface area contributed by atoms with Crippen LogP contribution in [-0.4, -0.2) is 50.3 Å². The molecule has 0 N–H and O–H groups in total. The zero-order valence-electron chi connectivity index (χ0n) is 15.0. The molecule has 0 bridgehead atoms. The fourth-order valence-electron chi connectivity index (χ4n) is 4.93. The topological polar surface area (TPSA) is 15.7 Å². The first-order chi connectivity index (χ1) is 11.8. The summed E-state index contributed by atoms with van der Waals surface area (Å²) in [6.45, 7) is 6.93. The van der Waals surface area contributed by atoms with Gasteiger partial charge in [-0.1, -0.05) is 37.5 Å². The summed E-state index contributed by atoms with van der Waals surface area (Å²) in [6.07, 6.45) is 10.2. The molecule has 3 fully saturated rings. The van der Waals surface area contributed by atoms with Gasteiger partial charge in [-0.05, 0) is 43.2 Å². The first-order valence-corrected chi connectivity index (χ1v) is 9.97. The van der Waals surface area contributed by atoms with E-state index in [1.807, 2.05) is 0 Å². The van der Waals surface area contributed by atoms with Gasteiger partial charge in [0.2, 0.25) is 0 Å². The fraction of sp³-hybridized carbons (Fsp3) is 0.714. The Kier molecular flexibility index (Phi) is 5.09. The van der Waals surface area contributed by atoms with E-state index in [2.05, 4.69) is 40.1 Å². The molecule has 1 aromatic rings. The normalized spacial score (nSPS) is 27.7. The molecular weight excluding hydrogens is 296 g/mol. The number of para-hydroxylation sites is 1. The number of piperazine rings is 1. The second-order valence-electron chi connectivity index (χ2n) is 8.15. The third-order valence-corrected chi connectivity index (χ3v) is 6.46. The second kappa shape index (κ2) is 7.45. The van der Waals surface area contributed by atoms with Gasteiger partial charge in [0.1, 0.15) is 0 Å². The standard InChI is InChI=1S/C21H32N2O/c1-3-7-19(8-4-1)23-15-13-22(14-16-23)12-9-20-17-21(18-24-20)10-5-2-6-11-21/h1,3-4,7-8,20H,2,5-6,9-18H2. The van der Waals surface area contributed by atoms with Crippen LogP contribution in [0.4, 0.5) is 5.69 Å². The maximum atomic E-state index is 6.19. The quantitative estimate of drug-likeness (QED) is 0.833. The molecule has 1 saturated carbocycles. The number of anilines is 1. The molecule has 1 aliphatic carbocycles. The molecule has 2 saturated heterocycles. The summed E-state index contributed by atoms with van der Waals surface area (Å²) < 4.78 is 6.19. The lowest BCUT2D eigenvalue weighted by atomic mass is 9.72. The number of rotatable bonds is 4. The first kappa shape index (κ1) is 16.4. The molecule has 4 rings (SSSR count). The highest BCUT2D eigenvalue weighted by molar-refractivity contribution is 5.46. The van der Waals surface area contributed by atoms with Gasteiger partial charge in [0.25, 0.3) is 0 Å². The van der Waals surface area contributed by atoms with Crippen molar-refractivity contribution in [2.24, 2.45) is 5.41 Å². The minimum atomic E-state index is 0.523. The molecule has 0 amide bonds. The van der Waals surface area contributed by atoms with Gasteiger partial charge in [-0.3, -0.25) is 4.90 Å². The van der Waals surface area contributed by atoms with Gasteiger partial charge < -0.3 is 9.64 Å². The van der Waals surface area contributed by atoms with Gasteiger partial charge in [-0.25, -0.2) is 0 Å². The van der Waals surface area contributed by atoms with Crippen molar-refractivity contribution in [3.05, 3.63) is 30.3 Å². The lowest BCUT2D eigenvalue weighted by molar-refractivity contribution is 0.0728. The number of hydrogen-bond donors (Lipinski definition) is 0. The van der Waals surface area contributed by atoms with Crippen molar-refractivity contribution >= 4 is 5.69 Å². The fourth-order valence-corrected chi connectivity index (χ4v) is 4.93. The van der Waals surface area contributed by atoms with Gasteiger partial charge in [0, 0.05) is 38.4 Å². The predicted octanol–water partition coefficient (Wildman–Crippen LogP) is 3.94. The summed E-state index contributed by atoms with van der Waals surface area (Å²) in [5, 5.41) is 0. The number of nitrogens with zero attached hydrogens (tertiary/aromatic N) is 2. The van der Waals surface area contributed by atoms with Gasteiger partial charge in [0.15, 0.2) is 0 Å². The van der Waals surface area contributed by atoms with Gasteiger partial charge >= 0.3 is 0 Å². The van der Waals surface area contributed by atoms with E-state index in [9.17, 15) is 0 Å². The third kappa shape index (κ3) is 3.78. The largest absolute Gasteiger partial charge is 0.378 e. The van der Waals surface area contributed by atoms with Crippen LogP contribution in [0.5, 0.6) is 0 Å². The van der Waals surface area contributed by atoms with E-state index in [0.717, 1.165) is 19.7 Å². The van der Waals surface area contributed by atoms with E-state index in [1.165, 1.54) is 70.3 Å².